The molecule has 1 atom stereocenters. The molecule has 0 bridgehead atoms. The molecule has 5 heterocycles. The number of nitrogens with zero attached hydrogens (tertiary/aromatic N) is 6. The summed E-state index contributed by atoms with van der Waals surface area (Å²) >= 11 is 1.15. The van der Waals surface area contributed by atoms with E-state index in [1.165, 1.54) is 12.1 Å². The number of aromatic nitrogens is 5. The molecule has 4 aromatic heterocycles. The molecule has 5 aromatic rings. The minimum atomic E-state index is -0.969. The van der Waals surface area contributed by atoms with Gasteiger partial charge in [-0.25, -0.2) is 24.0 Å². The number of hydrogen-bond acceptors (Lipinski definition) is 8. The van der Waals surface area contributed by atoms with Crippen LogP contribution < -0.4 is 4.74 Å². The molecule has 1 N–H and O–H groups in total. The van der Waals surface area contributed by atoms with Crippen molar-refractivity contribution in [1.82, 2.24) is 24.7 Å². The Morgan fingerprint density at radius 3 is 2.75 bits per heavy atom. The highest BCUT2D eigenvalue weighted by Gasteiger charge is 2.24. The van der Waals surface area contributed by atoms with Gasteiger partial charge < -0.3 is 19.1 Å². The molecule has 1 saturated heterocycles. The molecule has 0 amide bonds. The van der Waals surface area contributed by atoms with Crippen molar-refractivity contribution in [2.24, 2.45) is 0 Å². The zero-order chi connectivity index (χ0) is 27.6. The van der Waals surface area contributed by atoms with Crippen molar-refractivity contribution in [2.45, 2.75) is 32.1 Å². The fraction of sp³-hybridized carbons (Fsp3) is 0.214. The van der Waals surface area contributed by atoms with Crippen molar-refractivity contribution in [2.75, 3.05) is 6.61 Å². The summed E-state index contributed by atoms with van der Waals surface area (Å²) in [7, 11) is 0. The fourth-order valence-corrected chi connectivity index (χ4v) is 5.19. The van der Waals surface area contributed by atoms with Gasteiger partial charge in [-0.05, 0) is 36.8 Å². The lowest BCUT2D eigenvalue weighted by Gasteiger charge is -2.27. The first kappa shape index (κ1) is 25.5. The number of rotatable bonds is 9. The number of ether oxygens (including phenoxy) is 2. The van der Waals surface area contributed by atoms with Gasteiger partial charge in [-0.2, -0.15) is 5.10 Å². The van der Waals surface area contributed by atoms with Gasteiger partial charge in [-0.3, -0.25) is 0 Å². The van der Waals surface area contributed by atoms with Crippen LogP contribution in [0.2, 0.25) is 0 Å². The number of hydrogen-bond donors (Lipinski definition) is 1. The molecule has 200 valence electrons. The van der Waals surface area contributed by atoms with E-state index >= 15 is 0 Å². The number of halogens is 1. The van der Waals surface area contributed by atoms with E-state index in [9.17, 15) is 14.3 Å². The molecule has 0 radical (unpaired) electrons. The number of carboxylic acid groups (broad SMARTS) is 1. The first-order chi connectivity index (χ1) is 19.5. The summed E-state index contributed by atoms with van der Waals surface area (Å²) < 4.78 is 27.5. The zero-order valence-electron chi connectivity index (χ0n) is 21.0. The lowest BCUT2D eigenvalue weighted by molar-refractivity contribution is -0.0589. The molecule has 0 saturated carbocycles. The van der Waals surface area contributed by atoms with Gasteiger partial charge in [-0.1, -0.05) is 18.2 Å². The number of thiophene rings is 1. The second-order valence-corrected chi connectivity index (χ2v) is 10.2. The van der Waals surface area contributed by atoms with Gasteiger partial charge in [0.15, 0.2) is 5.69 Å². The number of carboxylic acids is 1. The Balaban J connectivity index is 1.18. The summed E-state index contributed by atoms with van der Waals surface area (Å²) in [5, 5.41) is 18.1. The normalized spacial score (nSPS) is 14.6. The Labute approximate surface area is 231 Å². The first-order valence-electron chi connectivity index (χ1n) is 12.4. The molecule has 1 unspecified atom stereocenters. The summed E-state index contributed by atoms with van der Waals surface area (Å²) in [6, 6.07) is 14.8. The van der Waals surface area contributed by atoms with Crippen LogP contribution in [0.3, 0.4) is 0 Å². The van der Waals surface area contributed by atoms with Crippen LogP contribution in [0.4, 0.5) is 10.1 Å². The molecule has 1 aromatic carbocycles. The molecular formula is C28H21FN6O4S. The van der Waals surface area contributed by atoms with E-state index in [0.29, 0.717) is 46.3 Å². The van der Waals surface area contributed by atoms with E-state index in [4.69, 9.17) is 21.0 Å². The van der Waals surface area contributed by atoms with E-state index in [0.717, 1.165) is 35.7 Å². The third-order valence-electron chi connectivity index (χ3n) is 6.50. The fourth-order valence-electron chi connectivity index (χ4n) is 4.30. The number of benzene rings is 1. The predicted molar refractivity (Wildman–Crippen MR) is 144 cm³/mol. The minimum absolute atomic E-state index is 0.0326. The molecule has 1 aliphatic rings. The van der Waals surface area contributed by atoms with Crippen molar-refractivity contribution in [3.63, 3.8) is 0 Å². The Bertz CT molecular complexity index is 1760. The number of carbonyl (C=O) groups is 1. The lowest BCUT2D eigenvalue weighted by Crippen LogP contribution is -2.31. The van der Waals surface area contributed by atoms with Crippen LogP contribution in [0.15, 0.2) is 54.6 Å². The molecule has 1 fully saturated rings. The van der Waals surface area contributed by atoms with Crippen LogP contribution in [-0.2, 0) is 24.3 Å². The van der Waals surface area contributed by atoms with Crippen molar-refractivity contribution in [3.8, 4) is 17.3 Å². The van der Waals surface area contributed by atoms with Gasteiger partial charge in [0.1, 0.15) is 33.6 Å². The maximum atomic E-state index is 14.2. The van der Waals surface area contributed by atoms with Crippen LogP contribution in [0.5, 0.6) is 5.88 Å². The molecule has 6 rings (SSSR count). The van der Waals surface area contributed by atoms with Crippen LogP contribution in [-0.4, -0.2) is 48.5 Å². The van der Waals surface area contributed by atoms with Crippen LogP contribution in [0.25, 0.3) is 26.6 Å². The third kappa shape index (κ3) is 5.25. The topological polar surface area (TPSA) is 117 Å². The average Bonchev–Trinajstić information content (AvgIpc) is 3.49. The highest BCUT2D eigenvalue weighted by molar-refractivity contribution is 7.20. The van der Waals surface area contributed by atoms with E-state index < -0.39 is 11.8 Å². The first-order valence-corrected chi connectivity index (χ1v) is 13.2. The molecular weight excluding hydrogens is 535 g/mol. The maximum absolute atomic E-state index is 14.2. The second-order valence-electron chi connectivity index (χ2n) is 9.15. The maximum Gasteiger partial charge on any atom is 0.346 e. The van der Waals surface area contributed by atoms with Gasteiger partial charge in [0.2, 0.25) is 5.88 Å². The highest BCUT2D eigenvalue weighted by atomic mass is 32.1. The summed E-state index contributed by atoms with van der Waals surface area (Å²) in [6.07, 6.45) is 1.44. The minimum Gasteiger partial charge on any atom is -0.477 e. The van der Waals surface area contributed by atoms with Gasteiger partial charge in [0, 0.05) is 18.2 Å². The average molecular weight is 557 g/mol. The Kier molecular flexibility index (Phi) is 6.90. The number of imidazole rings is 1. The van der Waals surface area contributed by atoms with E-state index in [1.807, 2.05) is 16.7 Å². The predicted octanol–water partition coefficient (Wildman–Crippen LogP) is 5.30. The van der Waals surface area contributed by atoms with Crippen molar-refractivity contribution in [1.29, 1.82) is 0 Å². The van der Waals surface area contributed by atoms with Crippen LogP contribution in [0, 0.1) is 12.4 Å². The number of pyridine rings is 1. The summed E-state index contributed by atoms with van der Waals surface area (Å²) in [4.78, 5) is 24.7. The Hall–Kier alpha value is -4.73. The second kappa shape index (κ2) is 10.8. The monoisotopic (exact) mass is 556 g/mol. The van der Waals surface area contributed by atoms with E-state index in [2.05, 4.69) is 20.0 Å². The lowest BCUT2D eigenvalue weighted by atomic mass is 10.2. The molecule has 10 nitrogen and oxygen atoms in total. The molecule has 1 aliphatic heterocycles. The summed E-state index contributed by atoms with van der Waals surface area (Å²) in [5.41, 5.74) is 3.12. The SMILES string of the molecule is [C-]#[N+]c1ccc(COc2cccc(-c3ccc(Cc4nc5sc(C(=O)O)cc5n4CC4CCO4)nn3)n2)c(F)c1. The van der Waals surface area contributed by atoms with Crippen LogP contribution in [0.1, 0.15) is 33.2 Å². The summed E-state index contributed by atoms with van der Waals surface area (Å²) in [6.45, 7) is 8.27. The molecule has 0 aliphatic carbocycles. The van der Waals surface area contributed by atoms with E-state index in [1.54, 1.807) is 30.3 Å². The Morgan fingerprint density at radius 2 is 2.05 bits per heavy atom. The van der Waals surface area contributed by atoms with Gasteiger partial charge >= 0.3 is 5.97 Å². The number of fused-ring (bicyclic) bond motifs is 1. The van der Waals surface area contributed by atoms with E-state index in [-0.39, 0.29) is 23.3 Å². The van der Waals surface area contributed by atoms with Gasteiger partial charge in [0.05, 0.1) is 42.5 Å². The smallest absolute Gasteiger partial charge is 0.346 e. The molecule has 0 spiro atoms. The van der Waals surface area contributed by atoms with Crippen molar-refractivity contribution >= 4 is 33.3 Å². The molecule has 40 heavy (non-hydrogen) atoms. The van der Waals surface area contributed by atoms with Crippen molar-refractivity contribution in [3.05, 3.63) is 93.8 Å². The van der Waals surface area contributed by atoms with Gasteiger partial charge in [-0.15, -0.1) is 16.4 Å². The Morgan fingerprint density at radius 1 is 1.18 bits per heavy atom. The van der Waals surface area contributed by atoms with Crippen LogP contribution >= 0.6 is 11.3 Å². The third-order valence-corrected chi connectivity index (χ3v) is 7.51. The van der Waals surface area contributed by atoms with Gasteiger partial charge in [0.25, 0.3) is 0 Å². The molecule has 12 heteroatoms. The largest absolute Gasteiger partial charge is 0.477 e. The highest BCUT2D eigenvalue weighted by Crippen LogP contribution is 2.29. The quantitative estimate of drug-likeness (QED) is 0.243. The standard InChI is InChI=1S/C28H21FN6O4S/c1-30-17-6-5-16(20(29)11-17)15-39-26-4-2-3-21(31-26)22-8-7-18(33-34-22)12-25-32-27-23(13-24(40-27)28(36)37)35(25)14-19-9-10-38-19/h2-8,11,13,19H,9-10,12,14-15H2,(H,36,37). The number of aromatic carboxylic acids is 1. The van der Waals surface area contributed by atoms with Crippen molar-refractivity contribution < 1.29 is 23.8 Å². The zero-order valence-corrected chi connectivity index (χ0v) is 21.8. The summed E-state index contributed by atoms with van der Waals surface area (Å²) in [5.74, 6) is -0.406.